The quantitative estimate of drug-likeness (QED) is 0.868. The first-order chi connectivity index (χ1) is 7.81. The molecule has 0 bridgehead atoms. The van der Waals surface area contributed by atoms with E-state index in [1.54, 1.807) is 12.3 Å². The summed E-state index contributed by atoms with van der Waals surface area (Å²) in [4.78, 5) is 6.47. The zero-order chi connectivity index (χ0) is 11.4. The molecule has 0 aliphatic carbocycles. The molecular formula is C12H17ClN4. The van der Waals surface area contributed by atoms with Crippen LogP contribution in [0, 0.1) is 11.3 Å². The van der Waals surface area contributed by atoms with E-state index >= 15 is 0 Å². The van der Waals surface area contributed by atoms with Gasteiger partial charge in [0.25, 0.3) is 0 Å². The molecule has 0 spiro atoms. The lowest BCUT2D eigenvalue weighted by molar-refractivity contribution is 0.443. The highest BCUT2D eigenvalue weighted by Crippen LogP contribution is 2.17. The number of nitrogens with zero attached hydrogens (tertiary/aromatic N) is 3. The number of halogens is 1. The van der Waals surface area contributed by atoms with E-state index in [-0.39, 0.29) is 12.4 Å². The van der Waals surface area contributed by atoms with Crippen LogP contribution in [0.2, 0.25) is 0 Å². The Morgan fingerprint density at radius 1 is 1.59 bits per heavy atom. The van der Waals surface area contributed by atoms with E-state index < -0.39 is 0 Å². The average molecular weight is 253 g/mol. The molecule has 17 heavy (non-hydrogen) atoms. The summed E-state index contributed by atoms with van der Waals surface area (Å²) in [6, 6.07) is 6.20. The van der Waals surface area contributed by atoms with Crippen LogP contribution in [0.25, 0.3) is 0 Å². The Morgan fingerprint density at radius 3 is 3.06 bits per heavy atom. The van der Waals surface area contributed by atoms with Crippen molar-refractivity contribution >= 4 is 18.2 Å². The molecule has 0 radical (unpaired) electrons. The second kappa shape index (κ2) is 6.43. The highest BCUT2D eigenvalue weighted by molar-refractivity contribution is 5.85. The van der Waals surface area contributed by atoms with Crippen LogP contribution in [-0.2, 0) is 0 Å². The van der Waals surface area contributed by atoms with Gasteiger partial charge in [-0.05, 0) is 31.5 Å². The molecule has 1 aromatic rings. The predicted molar refractivity (Wildman–Crippen MR) is 70.5 cm³/mol. The largest absolute Gasteiger partial charge is 0.355 e. The molecule has 1 aliphatic rings. The van der Waals surface area contributed by atoms with Crippen LogP contribution in [0.1, 0.15) is 18.4 Å². The summed E-state index contributed by atoms with van der Waals surface area (Å²) in [6.45, 7) is 2.10. The normalized spacial score (nSPS) is 18.9. The molecule has 1 N–H and O–H groups in total. The first kappa shape index (κ1) is 13.8. The van der Waals surface area contributed by atoms with Gasteiger partial charge in [0.15, 0.2) is 0 Å². The molecule has 0 aromatic carbocycles. The summed E-state index contributed by atoms with van der Waals surface area (Å²) in [7, 11) is 2.04. The van der Waals surface area contributed by atoms with Crippen molar-refractivity contribution < 1.29 is 0 Å². The summed E-state index contributed by atoms with van der Waals surface area (Å²) in [5, 5.41) is 12.2. The van der Waals surface area contributed by atoms with Gasteiger partial charge < -0.3 is 10.2 Å². The maximum Gasteiger partial charge on any atom is 0.129 e. The van der Waals surface area contributed by atoms with Gasteiger partial charge in [0.05, 0.1) is 11.6 Å². The molecular weight excluding hydrogens is 236 g/mol. The molecule has 92 valence electrons. The number of likely N-dealkylation sites (N-methyl/N-ethyl adjacent to an activating group) is 1. The fourth-order valence-corrected chi connectivity index (χ4v) is 2.03. The molecule has 2 heterocycles. The van der Waals surface area contributed by atoms with Crippen molar-refractivity contribution in [2.75, 3.05) is 25.0 Å². The Kier molecular flexibility index (Phi) is 5.20. The summed E-state index contributed by atoms with van der Waals surface area (Å²) in [5.41, 5.74) is 0.667. The van der Waals surface area contributed by atoms with Crippen LogP contribution in [0.5, 0.6) is 0 Å². The predicted octanol–water partition coefficient (Wildman–Crippen LogP) is 1.56. The van der Waals surface area contributed by atoms with E-state index in [9.17, 15) is 0 Å². The van der Waals surface area contributed by atoms with Crippen LogP contribution in [0.3, 0.4) is 0 Å². The lowest BCUT2D eigenvalue weighted by Crippen LogP contribution is -2.44. The van der Waals surface area contributed by atoms with Gasteiger partial charge in [-0.25, -0.2) is 4.98 Å². The van der Waals surface area contributed by atoms with Crippen molar-refractivity contribution in [1.82, 2.24) is 10.3 Å². The van der Waals surface area contributed by atoms with Gasteiger partial charge in [-0.1, -0.05) is 0 Å². The third-order valence-electron chi connectivity index (χ3n) is 3.05. The Balaban J connectivity index is 0.00000144. The first-order valence-electron chi connectivity index (χ1n) is 5.61. The van der Waals surface area contributed by atoms with Gasteiger partial charge in [0.1, 0.15) is 5.82 Å². The lowest BCUT2D eigenvalue weighted by atomic mass is 10.1. The molecule has 2 rings (SSSR count). The SMILES string of the molecule is CN(c1cc(C#N)ccn1)[C@H]1CCCNC1.Cl. The summed E-state index contributed by atoms with van der Waals surface area (Å²) in [5.74, 6) is 0.882. The summed E-state index contributed by atoms with van der Waals surface area (Å²) in [6.07, 6.45) is 4.08. The van der Waals surface area contributed by atoms with Gasteiger partial charge in [-0.15, -0.1) is 12.4 Å². The van der Waals surface area contributed by atoms with E-state index in [1.807, 2.05) is 13.1 Å². The fraction of sp³-hybridized carbons (Fsp3) is 0.500. The van der Waals surface area contributed by atoms with Crippen molar-refractivity contribution in [1.29, 1.82) is 5.26 Å². The molecule has 1 aromatic heterocycles. The maximum atomic E-state index is 8.85. The number of anilines is 1. The van der Waals surface area contributed by atoms with Crippen LogP contribution < -0.4 is 10.2 Å². The number of nitrogens with one attached hydrogen (secondary N) is 1. The standard InChI is InChI=1S/C12H16N4.ClH/c1-16(11-3-2-5-14-9-11)12-7-10(8-13)4-6-15-12;/h4,6-7,11,14H,2-3,5,9H2,1H3;1H/t11-;/m0./s1. The molecule has 0 saturated carbocycles. The van der Waals surface area contributed by atoms with E-state index in [2.05, 4.69) is 21.3 Å². The van der Waals surface area contributed by atoms with E-state index in [0.29, 0.717) is 11.6 Å². The number of hydrogen-bond donors (Lipinski definition) is 1. The van der Waals surface area contributed by atoms with Crippen molar-refractivity contribution in [2.24, 2.45) is 0 Å². The zero-order valence-corrected chi connectivity index (χ0v) is 10.7. The van der Waals surface area contributed by atoms with Gasteiger partial charge in [0, 0.05) is 25.8 Å². The number of aromatic nitrogens is 1. The van der Waals surface area contributed by atoms with Crippen LogP contribution in [-0.4, -0.2) is 31.2 Å². The van der Waals surface area contributed by atoms with Crippen molar-refractivity contribution in [3.63, 3.8) is 0 Å². The van der Waals surface area contributed by atoms with Crippen molar-refractivity contribution in [2.45, 2.75) is 18.9 Å². The van der Waals surface area contributed by atoms with E-state index in [1.165, 1.54) is 12.8 Å². The van der Waals surface area contributed by atoms with Gasteiger partial charge in [-0.2, -0.15) is 5.26 Å². The van der Waals surface area contributed by atoms with Gasteiger partial charge in [-0.3, -0.25) is 0 Å². The maximum absolute atomic E-state index is 8.85. The number of pyridine rings is 1. The smallest absolute Gasteiger partial charge is 0.129 e. The average Bonchev–Trinajstić information content (AvgIpc) is 2.39. The summed E-state index contributed by atoms with van der Waals surface area (Å²) < 4.78 is 0. The fourth-order valence-electron chi connectivity index (χ4n) is 2.03. The second-order valence-corrected chi connectivity index (χ2v) is 4.13. The van der Waals surface area contributed by atoms with Crippen LogP contribution >= 0.6 is 12.4 Å². The minimum Gasteiger partial charge on any atom is -0.355 e. The number of nitriles is 1. The molecule has 0 unspecified atom stereocenters. The highest BCUT2D eigenvalue weighted by Gasteiger charge is 2.18. The zero-order valence-electron chi connectivity index (χ0n) is 9.89. The minimum absolute atomic E-state index is 0. The molecule has 1 fully saturated rings. The Labute approximate surface area is 108 Å². The monoisotopic (exact) mass is 252 g/mol. The molecule has 0 amide bonds. The molecule has 1 atom stereocenters. The topological polar surface area (TPSA) is 52.0 Å². The first-order valence-corrected chi connectivity index (χ1v) is 5.61. The second-order valence-electron chi connectivity index (χ2n) is 4.13. The minimum atomic E-state index is 0. The number of hydrogen-bond acceptors (Lipinski definition) is 4. The molecule has 4 nitrogen and oxygen atoms in total. The number of rotatable bonds is 2. The van der Waals surface area contributed by atoms with Crippen LogP contribution in [0.15, 0.2) is 18.3 Å². The Bertz CT molecular complexity index is 396. The van der Waals surface area contributed by atoms with E-state index in [4.69, 9.17) is 5.26 Å². The Morgan fingerprint density at radius 2 is 2.41 bits per heavy atom. The van der Waals surface area contributed by atoms with Gasteiger partial charge >= 0.3 is 0 Å². The number of piperidine rings is 1. The third-order valence-corrected chi connectivity index (χ3v) is 3.05. The van der Waals surface area contributed by atoms with Crippen molar-refractivity contribution in [3.05, 3.63) is 23.9 Å². The van der Waals surface area contributed by atoms with Crippen LogP contribution in [0.4, 0.5) is 5.82 Å². The molecule has 5 heteroatoms. The summed E-state index contributed by atoms with van der Waals surface area (Å²) >= 11 is 0. The highest BCUT2D eigenvalue weighted by atomic mass is 35.5. The lowest BCUT2D eigenvalue weighted by Gasteiger charge is -2.32. The molecule has 1 aliphatic heterocycles. The Hall–Kier alpha value is -1.31. The van der Waals surface area contributed by atoms with E-state index in [0.717, 1.165) is 18.9 Å². The van der Waals surface area contributed by atoms with Gasteiger partial charge in [0.2, 0.25) is 0 Å². The van der Waals surface area contributed by atoms with Crippen molar-refractivity contribution in [3.8, 4) is 6.07 Å². The third kappa shape index (κ3) is 3.32. The molecule has 1 saturated heterocycles.